The van der Waals surface area contributed by atoms with Gasteiger partial charge in [0.05, 0.1) is 10.6 Å². The van der Waals surface area contributed by atoms with E-state index in [1.807, 2.05) is 38.1 Å². The molecule has 2 rings (SSSR count). The van der Waals surface area contributed by atoms with Crippen molar-refractivity contribution in [2.24, 2.45) is 0 Å². The molecule has 0 aliphatic rings. The quantitative estimate of drug-likeness (QED) is 0.701. The maximum absolute atomic E-state index is 5.87. The predicted molar refractivity (Wildman–Crippen MR) is 88.5 cm³/mol. The van der Waals surface area contributed by atoms with Gasteiger partial charge in [0.15, 0.2) is 0 Å². The molecule has 20 heavy (non-hydrogen) atoms. The van der Waals surface area contributed by atoms with Crippen molar-refractivity contribution >= 4 is 37.5 Å². The van der Waals surface area contributed by atoms with Crippen molar-refractivity contribution in [2.45, 2.75) is 20.0 Å². The molecule has 0 amide bonds. The molecule has 0 saturated carbocycles. The van der Waals surface area contributed by atoms with Crippen LogP contribution in [-0.4, -0.2) is 6.10 Å². The Kier molecular flexibility index (Phi) is 4.94. The molecule has 3 nitrogen and oxygen atoms in total. The van der Waals surface area contributed by atoms with Gasteiger partial charge >= 0.3 is 0 Å². The summed E-state index contributed by atoms with van der Waals surface area (Å²) in [5, 5.41) is 0. The summed E-state index contributed by atoms with van der Waals surface area (Å²) in [5.74, 6) is 2.06. The Hall–Kier alpha value is -1.20. The summed E-state index contributed by atoms with van der Waals surface area (Å²) in [4.78, 5) is 0. The third kappa shape index (κ3) is 4.15. The lowest BCUT2D eigenvalue weighted by atomic mass is 10.2. The van der Waals surface area contributed by atoms with E-state index in [0.717, 1.165) is 8.95 Å². The molecule has 0 aromatic heterocycles. The molecule has 5 heteroatoms. The zero-order chi connectivity index (χ0) is 14.7. The highest BCUT2D eigenvalue weighted by Gasteiger charge is 2.07. The number of benzene rings is 2. The number of hydrogen-bond acceptors (Lipinski definition) is 3. The monoisotopic (exact) mass is 399 g/mol. The smallest absolute Gasteiger partial charge is 0.141 e. The van der Waals surface area contributed by atoms with Crippen molar-refractivity contribution in [1.29, 1.82) is 0 Å². The molecule has 0 heterocycles. The van der Waals surface area contributed by atoms with Gasteiger partial charge in [-0.25, -0.2) is 0 Å². The van der Waals surface area contributed by atoms with Gasteiger partial charge in [0.1, 0.15) is 17.2 Å². The molecule has 0 radical (unpaired) electrons. The molecule has 0 saturated heterocycles. The molecular weight excluding hydrogens is 386 g/mol. The lowest BCUT2D eigenvalue weighted by Gasteiger charge is -2.13. The maximum Gasteiger partial charge on any atom is 0.141 e. The number of halogens is 2. The zero-order valence-corrected chi connectivity index (χ0v) is 14.4. The zero-order valence-electron chi connectivity index (χ0n) is 11.2. The average molecular weight is 401 g/mol. The molecule has 0 aliphatic carbocycles. The molecule has 106 valence electrons. The van der Waals surface area contributed by atoms with Gasteiger partial charge < -0.3 is 15.2 Å². The highest BCUT2D eigenvalue weighted by atomic mass is 79.9. The maximum atomic E-state index is 5.87. The molecular formula is C15H15Br2NO2. The van der Waals surface area contributed by atoms with Crippen LogP contribution in [0.25, 0.3) is 0 Å². The standard InChI is InChI=1S/C15H15Br2NO2/c1-9(2)19-12-6-11(18)7-13(8-12)20-15-4-3-10(16)5-14(15)17/h3-9H,18H2,1-2H3. The number of hydrogen-bond donors (Lipinski definition) is 1. The number of anilines is 1. The van der Waals surface area contributed by atoms with Crippen LogP contribution in [0.5, 0.6) is 17.2 Å². The van der Waals surface area contributed by atoms with Crippen molar-refractivity contribution in [3.63, 3.8) is 0 Å². The largest absolute Gasteiger partial charge is 0.491 e. The number of nitrogen functional groups attached to an aromatic ring is 1. The average Bonchev–Trinajstić information content (AvgIpc) is 2.31. The fraction of sp³-hybridized carbons (Fsp3) is 0.200. The van der Waals surface area contributed by atoms with Gasteiger partial charge in [0, 0.05) is 28.4 Å². The summed E-state index contributed by atoms with van der Waals surface area (Å²) in [6.45, 7) is 3.93. The van der Waals surface area contributed by atoms with Crippen molar-refractivity contribution in [3.8, 4) is 17.2 Å². The molecule has 0 atom stereocenters. The van der Waals surface area contributed by atoms with Crippen molar-refractivity contribution in [2.75, 3.05) is 5.73 Å². The number of nitrogens with two attached hydrogens (primary N) is 1. The first kappa shape index (κ1) is 15.2. The lowest BCUT2D eigenvalue weighted by Crippen LogP contribution is -2.05. The van der Waals surface area contributed by atoms with E-state index < -0.39 is 0 Å². The van der Waals surface area contributed by atoms with Crippen LogP contribution in [-0.2, 0) is 0 Å². The summed E-state index contributed by atoms with van der Waals surface area (Å²) < 4.78 is 13.3. The van der Waals surface area contributed by atoms with Crippen molar-refractivity contribution in [1.82, 2.24) is 0 Å². The Morgan fingerprint density at radius 1 is 1.00 bits per heavy atom. The summed E-state index contributed by atoms with van der Waals surface area (Å²) >= 11 is 6.87. The minimum Gasteiger partial charge on any atom is -0.491 e. The van der Waals surface area contributed by atoms with Crippen LogP contribution in [0.1, 0.15) is 13.8 Å². The van der Waals surface area contributed by atoms with E-state index in [1.165, 1.54) is 0 Å². The molecule has 0 aliphatic heterocycles. The Morgan fingerprint density at radius 3 is 2.35 bits per heavy atom. The first-order chi connectivity index (χ1) is 9.44. The van der Waals surface area contributed by atoms with E-state index in [1.54, 1.807) is 12.1 Å². The summed E-state index contributed by atoms with van der Waals surface area (Å²) in [6.07, 6.45) is 0.0871. The lowest BCUT2D eigenvalue weighted by molar-refractivity contribution is 0.242. The Morgan fingerprint density at radius 2 is 1.70 bits per heavy atom. The summed E-state index contributed by atoms with van der Waals surface area (Å²) in [6, 6.07) is 11.1. The van der Waals surface area contributed by atoms with E-state index in [9.17, 15) is 0 Å². The van der Waals surface area contributed by atoms with Crippen LogP contribution in [0.3, 0.4) is 0 Å². The van der Waals surface area contributed by atoms with Gasteiger partial charge in [-0.3, -0.25) is 0 Å². The van der Waals surface area contributed by atoms with Crippen LogP contribution < -0.4 is 15.2 Å². The normalized spacial score (nSPS) is 10.7. The highest BCUT2D eigenvalue weighted by molar-refractivity contribution is 9.11. The van der Waals surface area contributed by atoms with Crippen LogP contribution in [0.2, 0.25) is 0 Å². The van der Waals surface area contributed by atoms with E-state index >= 15 is 0 Å². The third-order valence-electron chi connectivity index (χ3n) is 2.40. The first-order valence-electron chi connectivity index (χ1n) is 6.14. The summed E-state index contributed by atoms with van der Waals surface area (Å²) in [5.41, 5.74) is 6.47. The SMILES string of the molecule is CC(C)Oc1cc(N)cc(Oc2ccc(Br)cc2Br)c1. The molecule has 2 aromatic carbocycles. The van der Waals surface area contributed by atoms with E-state index in [2.05, 4.69) is 31.9 Å². The molecule has 0 fully saturated rings. The number of ether oxygens (including phenoxy) is 2. The highest BCUT2D eigenvalue weighted by Crippen LogP contribution is 2.34. The van der Waals surface area contributed by atoms with Crippen molar-refractivity contribution in [3.05, 3.63) is 45.3 Å². The van der Waals surface area contributed by atoms with E-state index in [-0.39, 0.29) is 6.10 Å². The fourth-order valence-electron chi connectivity index (χ4n) is 1.68. The fourth-order valence-corrected chi connectivity index (χ4v) is 2.81. The first-order valence-corrected chi connectivity index (χ1v) is 7.73. The molecule has 0 unspecified atom stereocenters. The van der Waals surface area contributed by atoms with Crippen LogP contribution in [0.4, 0.5) is 5.69 Å². The predicted octanol–water partition coefficient (Wildman–Crippen LogP) is 5.37. The third-order valence-corrected chi connectivity index (χ3v) is 3.51. The Balaban J connectivity index is 2.26. The molecule has 0 spiro atoms. The second kappa shape index (κ2) is 6.50. The minimum atomic E-state index is 0.0871. The van der Waals surface area contributed by atoms with E-state index in [4.69, 9.17) is 15.2 Å². The minimum absolute atomic E-state index is 0.0871. The summed E-state index contributed by atoms with van der Waals surface area (Å²) in [7, 11) is 0. The molecule has 2 aromatic rings. The second-order valence-corrected chi connectivity index (χ2v) is 6.35. The van der Waals surface area contributed by atoms with Gasteiger partial charge in [-0.15, -0.1) is 0 Å². The van der Waals surface area contributed by atoms with Crippen LogP contribution in [0, 0.1) is 0 Å². The Labute approximate surface area is 135 Å². The van der Waals surface area contributed by atoms with Gasteiger partial charge in [0.25, 0.3) is 0 Å². The van der Waals surface area contributed by atoms with E-state index in [0.29, 0.717) is 22.9 Å². The Bertz CT molecular complexity index is 615. The second-order valence-electron chi connectivity index (χ2n) is 4.58. The van der Waals surface area contributed by atoms with Gasteiger partial charge in [-0.05, 0) is 48.0 Å². The molecule has 2 N–H and O–H groups in total. The number of rotatable bonds is 4. The van der Waals surface area contributed by atoms with Gasteiger partial charge in [0.2, 0.25) is 0 Å². The van der Waals surface area contributed by atoms with Gasteiger partial charge in [-0.2, -0.15) is 0 Å². The van der Waals surface area contributed by atoms with Crippen molar-refractivity contribution < 1.29 is 9.47 Å². The van der Waals surface area contributed by atoms with Crippen LogP contribution >= 0.6 is 31.9 Å². The van der Waals surface area contributed by atoms with Gasteiger partial charge in [-0.1, -0.05) is 15.9 Å². The topological polar surface area (TPSA) is 44.5 Å². The molecule has 0 bridgehead atoms. The van der Waals surface area contributed by atoms with Crippen LogP contribution in [0.15, 0.2) is 45.3 Å².